The van der Waals surface area contributed by atoms with Crippen molar-refractivity contribution in [2.24, 2.45) is 0 Å². The third kappa shape index (κ3) is 1.72. The van der Waals surface area contributed by atoms with Gasteiger partial charge in [0, 0.05) is 0 Å². The number of halogens is 1. The van der Waals surface area contributed by atoms with E-state index in [1.54, 1.807) is 19.1 Å². The zero-order valence-corrected chi connectivity index (χ0v) is 10.2. The summed E-state index contributed by atoms with van der Waals surface area (Å²) in [5.74, 6) is -0.484. The molecule has 0 radical (unpaired) electrons. The van der Waals surface area contributed by atoms with E-state index in [9.17, 15) is 9.18 Å². The molecule has 1 aromatic heterocycles. The summed E-state index contributed by atoms with van der Waals surface area (Å²) in [7, 11) is 0. The number of anilines is 1. The number of hydrogen-bond donors (Lipinski definition) is 2. The second-order valence-corrected chi connectivity index (χ2v) is 4.51. The molecular formula is C13H12FN3O2. The number of carbonyl (C=O) groups excluding carboxylic acids is 1. The van der Waals surface area contributed by atoms with Crippen molar-refractivity contribution < 1.29 is 14.3 Å². The molecule has 98 valence electrons. The fourth-order valence-corrected chi connectivity index (χ4v) is 2.34. The van der Waals surface area contributed by atoms with Crippen LogP contribution in [0.15, 0.2) is 18.2 Å². The number of aliphatic hydroxyl groups excluding tert-OH is 1. The zero-order chi connectivity index (χ0) is 13.6. The molecule has 1 unspecified atom stereocenters. The van der Waals surface area contributed by atoms with Gasteiger partial charge in [0.15, 0.2) is 5.82 Å². The van der Waals surface area contributed by atoms with Gasteiger partial charge in [-0.3, -0.25) is 0 Å². The minimum absolute atomic E-state index is 0.261. The van der Waals surface area contributed by atoms with E-state index < -0.39 is 11.9 Å². The van der Waals surface area contributed by atoms with Crippen LogP contribution in [-0.2, 0) is 11.4 Å². The molecule has 0 amide bonds. The van der Waals surface area contributed by atoms with Gasteiger partial charge in [-0.05, 0) is 30.7 Å². The summed E-state index contributed by atoms with van der Waals surface area (Å²) in [5.41, 5.74) is 2.49. The summed E-state index contributed by atoms with van der Waals surface area (Å²) in [6.45, 7) is 1.52. The van der Waals surface area contributed by atoms with Gasteiger partial charge in [-0.1, -0.05) is 0 Å². The van der Waals surface area contributed by atoms with E-state index in [4.69, 9.17) is 5.11 Å². The summed E-state index contributed by atoms with van der Waals surface area (Å²) < 4.78 is 15.6. The second-order valence-electron chi connectivity index (χ2n) is 4.51. The number of nitrogens with zero attached hydrogens (tertiary/aromatic N) is 2. The van der Waals surface area contributed by atoms with Crippen LogP contribution >= 0.6 is 0 Å². The molecule has 6 heteroatoms. The third-order valence-corrected chi connectivity index (χ3v) is 3.14. The van der Waals surface area contributed by atoms with E-state index in [0.29, 0.717) is 22.6 Å². The number of fused-ring (bicyclic) bond motifs is 3. The predicted molar refractivity (Wildman–Crippen MR) is 66.6 cm³/mol. The largest absolute Gasteiger partial charge is 0.392 e. The maximum atomic E-state index is 14.1. The SMILES string of the molecule is Cc1cc2n(n1)-c1c(F)cc(CO)cc1NC2C=O. The van der Waals surface area contributed by atoms with Crippen LogP contribution in [0.3, 0.4) is 0 Å². The van der Waals surface area contributed by atoms with Crippen LogP contribution in [-0.4, -0.2) is 21.2 Å². The summed E-state index contributed by atoms with van der Waals surface area (Å²) >= 11 is 0. The van der Waals surface area contributed by atoms with Gasteiger partial charge in [-0.25, -0.2) is 9.07 Å². The lowest BCUT2D eigenvalue weighted by atomic mass is 10.1. The van der Waals surface area contributed by atoms with Gasteiger partial charge in [0.05, 0.1) is 23.7 Å². The first-order valence-corrected chi connectivity index (χ1v) is 5.86. The van der Waals surface area contributed by atoms with Crippen LogP contribution in [0.1, 0.15) is 23.0 Å². The van der Waals surface area contributed by atoms with Gasteiger partial charge >= 0.3 is 0 Å². The molecule has 0 saturated carbocycles. The maximum Gasteiger partial charge on any atom is 0.151 e. The average molecular weight is 261 g/mol. The Hall–Kier alpha value is -2.21. The fourth-order valence-electron chi connectivity index (χ4n) is 2.34. The molecule has 2 aromatic rings. The van der Waals surface area contributed by atoms with Gasteiger partial charge in [0.1, 0.15) is 18.0 Å². The highest BCUT2D eigenvalue weighted by molar-refractivity contribution is 5.75. The number of aliphatic hydroxyl groups is 1. The minimum Gasteiger partial charge on any atom is -0.392 e. The van der Waals surface area contributed by atoms with Crippen molar-refractivity contribution in [1.82, 2.24) is 9.78 Å². The molecular weight excluding hydrogens is 249 g/mol. The normalized spacial score (nSPS) is 16.5. The number of carbonyl (C=O) groups is 1. The van der Waals surface area contributed by atoms with Gasteiger partial charge in [0.25, 0.3) is 0 Å². The molecule has 1 aromatic carbocycles. The van der Waals surface area contributed by atoms with Crippen LogP contribution in [0, 0.1) is 12.7 Å². The van der Waals surface area contributed by atoms with Gasteiger partial charge in [0.2, 0.25) is 0 Å². The number of nitrogens with one attached hydrogen (secondary N) is 1. The highest BCUT2D eigenvalue weighted by Gasteiger charge is 2.28. The number of aldehydes is 1. The Morgan fingerprint density at radius 2 is 2.32 bits per heavy atom. The second kappa shape index (κ2) is 4.17. The summed E-state index contributed by atoms with van der Waals surface area (Å²) in [6, 6.07) is 4.06. The Morgan fingerprint density at radius 1 is 1.53 bits per heavy atom. The van der Waals surface area contributed by atoms with Crippen LogP contribution in [0.2, 0.25) is 0 Å². The maximum absolute atomic E-state index is 14.1. The van der Waals surface area contributed by atoms with Gasteiger partial charge < -0.3 is 15.2 Å². The zero-order valence-electron chi connectivity index (χ0n) is 10.2. The number of aromatic nitrogens is 2. The first-order valence-electron chi connectivity index (χ1n) is 5.86. The molecule has 0 saturated heterocycles. The van der Waals surface area contributed by atoms with Crippen molar-refractivity contribution in [2.75, 3.05) is 5.32 Å². The first kappa shape index (κ1) is 11.9. The molecule has 1 atom stereocenters. The number of benzene rings is 1. The summed E-state index contributed by atoms with van der Waals surface area (Å²) in [5, 5.41) is 16.3. The monoisotopic (exact) mass is 261 g/mol. The smallest absolute Gasteiger partial charge is 0.151 e. The molecule has 0 bridgehead atoms. The first-order chi connectivity index (χ1) is 9.13. The predicted octanol–water partition coefficient (Wildman–Crippen LogP) is 1.48. The lowest BCUT2D eigenvalue weighted by Crippen LogP contribution is -2.24. The van der Waals surface area contributed by atoms with Crippen molar-refractivity contribution in [2.45, 2.75) is 19.6 Å². The Morgan fingerprint density at radius 3 is 3.00 bits per heavy atom. The van der Waals surface area contributed by atoms with Crippen molar-refractivity contribution in [3.63, 3.8) is 0 Å². The standard InChI is InChI=1S/C13H12FN3O2/c1-7-2-12-11(6-19)15-10-4-8(5-18)3-9(14)13(10)17(12)16-7/h2-4,6,11,15,18H,5H2,1H3. The molecule has 3 rings (SSSR count). The van der Waals surface area contributed by atoms with Crippen LogP contribution in [0.5, 0.6) is 0 Å². The number of hydrogen-bond acceptors (Lipinski definition) is 4. The average Bonchev–Trinajstić information content (AvgIpc) is 2.78. The third-order valence-electron chi connectivity index (χ3n) is 3.14. The lowest BCUT2D eigenvalue weighted by Gasteiger charge is -2.25. The van der Waals surface area contributed by atoms with Crippen LogP contribution in [0.4, 0.5) is 10.1 Å². The quantitative estimate of drug-likeness (QED) is 0.803. The highest BCUT2D eigenvalue weighted by Crippen LogP contribution is 2.35. The van der Waals surface area contributed by atoms with E-state index in [1.165, 1.54) is 10.7 Å². The van der Waals surface area contributed by atoms with Crippen LogP contribution in [0.25, 0.3) is 5.69 Å². The molecule has 5 nitrogen and oxygen atoms in total. The molecule has 1 aliphatic rings. The van der Waals surface area contributed by atoms with E-state index in [2.05, 4.69) is 10.4 Å². The number of rotatable bonds is 2. The van der Waals surface area contributed by atoms with Gasteiger partial charge in [-0.15, -0.1) is 0 Å². The van der Waals surface area contributed by atoms with E-state index >= 15 is 0 Å². The van der Waals surface area contributed by atoms with Gasteiger partial charge in [-0.2, -0.15) is 5.10 Å². The van der Waals surface area contributed by atoms with Crippen molar-refractivity contribution in [1.29, 1.82) is 0 Å². The van der Waals surface area contributed by atoms with E-state index in [1.807, 2.05) is 0 Å². The molecule has 2 N–H and O–H groups in total. The molecule has 0 spiro atoms. The molecule has 0 fully saturated rings. The van der Waals surface area contributed by atoms with Crippen LogP contribution < -0.4 is 5.32 Å². The van der Waals surface area contributed by atoms with Crippen molar-refractivity contribution >= 4 is 12.0 Å². The molecule has 1 aliphatic heterocycles. The highest BCUT2D eigenvalue weighted by atomic mass is 19.1. The van der Waals surface area contributed by atoms with E-state index in [-0.39, 0.29) is 12.3 Å². The molecule has 2 heterocycles. The topological polar surface area (TPSA) is 67.2 Å². The fraction of sp³-hybridized carbons (Fsp3) is 0.231. The lowest BCUT2D eigenvalue weighted by molar-refractivity contribution is -0.108. The van der Waals surface area contributed by atoms with E-state index in [0.717, 1.165) is 6.29 Å². The number of aryl methyl sites for hydroxylation is 1. The Balaban J connectivity index is 2.27. The minimum atomic E-state index is -0.568. The Kier molecular flexibility index (Phi) is 2.60. The van der Waals surface area contributed by atoms with Crippen molar-refractivity contribution in [3.05, 3.63) is 41.0 Å². The van der Waals surface area contributed by atoms with Crippen molar-refractivity contribution in [3.8, 4) is 5.69 Å². The summed E-state index contributed by atoms with van der Waals surface area (Å²) in [6.07, 6.45) is 0.749. The molecule has 0 aliphatic carbocycles. The Labute approximate surface area is 108 Å². The molecule has 19 heavy (non-hydrogen) atoms. The summed E-state index contributed by atoms with van der Waals surface area (Å²) in [4.78, 5) is 11.1. The Bertz CT molecular complexity index is 666.